The van der Waals surface area contributed by atoms with E-state index < -0.39 is 0 Å². The van der Waals surface area contributed by atoms with Crippen LogP contribution in [0.25, 0.3) is 5.32 Å². The summed E-state index contributed by atoms with van der Waals surface area (Å²) in [6, 6.07) is 9.55. The molecule has 1 aliphatic heterocycles. The third-order valence-corrected chi connectivity index (χ3v) is 3.65. The van der Waals surface area contributed by atoms with Gasteiger partial charge in [0.2, 0.25) is 0 Å². The zero-order valence-corrected chi connectivity index (χ0v) is 12.6. The molecular weight excluding hydrogens is 209 g/mol. The van der Waals surface area contributed by atoms with Crippen LogP contribution in [0.2, 0.25) is 0 Å². The molecule has 1 aromatic rings. The van der Waals surface area contributed by atoms with E-state index in [1.165, 1.54) is 25.7 Å². The van der Waals surface area contributed by atoms with Gasteiger partial charge in [0.15, 0.2) is 0 Å². The minimum absolute atomic E-state index is 0. The number of rotatable bonds is 1. The van der Waals surface area contributed by atoms with Crippen molar-refractivity contribution in [3.05, 3.63) is 40.7 Å². The molecule has 0 N–H and O–H groups in total. The molecule has 1 fully saturated rings. The summed E-state index contributed by atoms with van der Waals surface area (Å²) >= 11 is 0. The number of hydrogen-bond donors (Lipinski definition) is 0. The Morgan fingerprint density at radius 2 is 1.73 bits per heavy atom. The molecule has 1 aliphatic carbocycles. The Hall–Kier alpha value is 0.816. The summed E-state index contributed by atoms with van der Waals surface area (Å²) in [5, 5.41) is 4.70. The quantitative estimate of drug-likeness (QED) is 0.595. The van der Waals surface area contributed by atoms with Crippen molar-refractivity contribution in [2.24, 2.45) is 5.92 Å². The van der Waals surface area contributed by atoms with Crippen LogP contribution in [0.1, 0.15) is 24.0 Å². The van der Waals surface area contributed by atoms with Crippen LogP contribution in [0.15, 0.2) is 24.3 Å². The van der Waals surface area contributed by atoms with Gasteiger partial charge in [-0.25, -0.2) is 0 Å². The molecule has 15 heavy (non-hydrogen) atoms. The van der Waals surface area contributed by atoms with E-state index in [4.69, 9.17) is 5.32 Å². The van der Waals surface area contributed by atoms with Crippen molar-refractivity contribution in [1.29, 1.82) is 0 Å². The molecule has 1 heterocycles. The minimum Gasteiger partial charge on any atom is -0.659 e. The molecular formula is C13H16KN. The van der Waals surface area contributed by atoms with Crippen molar-refractivity contribution in [3.63, 3.8) is 0 Å². The van der Waals surface area contributed by atoms with Gasteiger partial charge in [0, 0.05) is 0 Å². The maximum absolute atomic E-state index is 4.70. The van der Waals surface area contributed by atoms with Crippen LogP contribution < -0.4 is 51.4 Å². The number of nitrogens with zero attached hydrogens (tertiary/aromatic N) is 1. The summed E-state index contributed by atoms with van der Waals surface area (Å²) in [6.45, 7) is 1.11. The summed E-state index contributed by atoms with van der Waals surface area (Å²) in [4.78, 5) is 0. The molecule has 0 radical (unpaired) electrons. The van der Waals surface area contributed by atoms with Gasteiger partial charge in [-0.05, 0) is 29.9 Å². The fourth-order valence-electron chi connectivity index (χ4n) is 2.90. The average Bonchev–Trinajstić information content (AvgIpc) is 2.86. The molecule has 3 rings (SSSR count). The zero-order valence-electron chi connectivity index (χ0n) is 9.45. The van der Waals surface area contributed by atoms with Gasteiger partial charge in [-0.1, -0.05) is 37.1 Å². The predicted molar refractivity (Wildman–Crippen MR) is 58.6 cm³/mol. The Kier molecular flexibility index (Phi) is 4.45. The van der Waals surface area contributed by atoms with Crippen molar-refractivity contribution < 1.29 is 51.4 Å². The maximum Gasteiger partial charge on any atom is 1.00 e. The first-order valence-electron chi connectivity index (χ1n) is 5.67. The molecule has 1 nitrogen and oxygen atoms in total. The van der Waals surface area contributed by atoms with Gasteiger partial charge in [0.05, 0.1) is 0 Å². The van der Waals surface area contributed by atoms with Crippen LogP contribution in [0, 0.1) is 5.92 Å². The smallest absolute Gasteiger partial charge is 0.659 e. The van der Waals surface area contributed by atoms with E-state index in [0.717, 1.165) is 12.5 Å². The van der Waals surface area contributed by atoms with E-state index in [1.54, 1.807) is 11.1 Å². The molecule has 0 aromatic heterocycles. The Morgan fingerprint density at radius 1 is 1.07 bits per heavy atom. The topological polar surface area (TPSA) is 14.1 Å². The standard InChI is InChI=1S/C13H16N.K/c1-2-5-11-9-12(8-10(11)4-1)13-6-3-7-14-13;/h1-2,4-5,12-13H,3,6-9H2;/q-1;+1. The van der Waals surface area contributed by atoms with Crippen LogP contribution in [0.4, 0.5) is 0 Å². The average molecular weight is 225 g/mol. The normalized spacial score (nSPS) is 24.9. The summed E-state index contributed by atoms with van der Waals surface area (Å²) in [7, 11) is 0. The third-order valence-electron chi connectivity index (χ3n) is 3.65. The van der Waals surface area contributed by atoms with Gasteiger partial charge in [0.25, 0.3) is 0 Å². The number of fused-ring (bicyclic) bond motifs is 1. The van der Waals surface area contributed by atoms with Crippen LogP contribution in [-0.2, 0) is 12.8 Å². The summed E-state index contributed by atoms with van der Waals surface area (Å²) in [5.41, 5.74) is 3.14. The summed E-state index contributed by atoms with van der Waals surface area (Å²) in [5.74, 6) is 0.815. The van der Waals surface area contributed by atoms with E-state index >= 15 is 0 Å². The van der Waals surface area contributed by atoms with Gasteiger partial charge in [-0.3, -0.25) is 0 Å². The molecule has 1 aromatic carbocycles. The van der Waals surface area contributed by atoms with E-state index in [2.05, 4.69) is 24.3 Å². The van der Waals surface area contributed by atoms with Crippen molar-refractivity contribution in [1.82, 2.24) is 0 Å². The molecule has 0 saturated carbocycles. The van der Waals surface area contributed by atoms with Crippen molar-refractivity contribution in [2.45, 2.75) is 31.7 Å². The van der Waals surface area contributed by atoms with E-state index in [0.29, 0.717) is 6.04 Å². The van der Waals surface area contributed by atoms with Gasteiger partial charge in [-0.2, -0.15) is 0 Å². The second-order valence-corrected chi connectivity index (χ2v) is 4.55. The second kappa shape index (κ2) is 5.43. The van der Waals surface area contributed by atoms with Crippen LogP contribution in [0.5, 0.6) is 0 Å². The monoisotopic (exact) mass is 225 g/mol. The number of hydrogen-bond acceptors (Lipinski definition) is 0. The van der Waals surface area contributed by atoms with Crippen LogP contribution >= 0.6 is 0 Å². The summed E-state index contributed by atoms with van der Waals surface area (Å²) < 4.78 is 0. The van der Waals surface area contributed by atoms with Crippen molar-refractivity contribution >= 4 is 0 Å². The Morgan fingerprint density at radius 3 is 2.27 bits per heavy atom. The van der Waals surface area contributed by atoms with E-state index in [-0.39, 0.29) is 51.4 Å². The Bertz CT molecular complexity index is 306. The molecule has 2 heteroatoms. The Balaban J connectivity index is 0.000000853. The largest absolute Gasteiger partial charge is 1.00 e. The molecule has 2 aliphatic rings. The predicted octanol–water partition coefficient (Wildman–Crippen LogP) is -0.0585. The summed E-state index contributed by atoms with van der Waals surface area (Å²) in [6.07, 6.45) is 5.19. The first-order chi connectivity index (χ1) is 6.93. The zero-order chi connectivity index (χ0) is 9.38. The molecule has 0 bridgehead atoms. The third kappa shape index (κ3) is 2.56. The van der Waals surface area contributed by atoms with E-state index in [1.807, 2.05) is 0 Å². The fraction of sp³-hybridized carbons (Fsp3) is 0.538. The van der Waals surface area contributed by atoms with Gasteiger partial charge < -0.3 is 5.32 Å². The molecule has 74 valence electrons. The fourth-order valence-corrected chi connectivity index (χ4v) is 2.90. The second-order valence-electron chi connectivity index (χ2n) is 4.55. The van der Waals surface area contributed by atoms with Crippen LogP contribution in [0.3, 0.4) is 0 Å². The van der Waals surface area contributed by atoms with Gasteiger partial charge >= 0.3 is 51.4 Å². The van der Waals surface area contributed by atoms with Crippen molar-refractivity contribution in [2.75, 3.05) is 6.54 Å². The minimum atomic E-state index is 0. The van der Waals surface area contributed by atoms with Crippen molar-refractivity contribution in [3.8, 4) is 0 Å². The molecule has 0 amide bonds. The molecule has 0 spiro atoms. The molecule has 1 atom stereocenters. The molecule has 1 saturated heterocycles. The van der Waals surface area contributed by atoms with Gasteiger partial charge in [-0.15, -0.1) is 12.6 Å². The maximum atomic E-state index is 4.70. The van der Waals surface area contributed by atoms with Gasteiger partial charge in [0.1, 0.15) is 0 Å². The van der Waals surface area contributed by atoms with Crippen LogP contribution in [-0.4, -0.2) is 12.6 Å². The Labute approximate surface area is 134 Å². The SMILES string of the molecule is [K+].c1ccc2c(c1)CC(C1CCC[N-]1)C2. The van der Waals surface area contributed by atoms with E-state index in [9.17, 15) is 0 Å². The first-order valence-corrected chi connectivity index (χ1v) is 5.67. The number of benzene rings is 1. The first kappa shape index (κ1) is 12.3. The molecule has 1 unspecified atom stereocenters.